The van der Waals surface area contributed by atoms with Crippen LogP contribution in [0.2, 0.25) is 0 Å². The molecule has 1 aromatic carbocycles. The quantitative estimate of drug-likeness (QED) is 0.870. The molecule has 2 rings (SSSR count). The molecule has 17 heavy (non-hydrogen) atoms. The van der Waals surface area contributed by atoms with E-state index in [4.69, 9.17) is 4.74 Å². The van der Waals surface area contributed by atoms with Crippen LogP contribution in [0.1, 0.15) is 13.3 Å². The van der Waals surface area contributed by atoms with E-state index in [1.54, 1.807) is 14.0 Å². The highest BCUT2D eigenvalue weighted by Gasteiger charge is 2.40. The maximum atomic E-state index is 11.2. The van der Waals surface area contributed by atoms with E-state index in [9.17, 15) is 9.90 Å². The fraction of sp³-hybridized carbons (Fsp3) is 0.462. The number of benzene rings is 1. The molecule has 1 aliphatic rings. The van der Waals surface area contributed by atoms with Gasteiger partial charge in [0.15, 0.2) is 0 Å². The highest BCUT2D eigenvalue weighted by Crippen LogP contribution is 2.34. The van der Waals surface area contributed by atoms with E-state index < -0.39 is 11.4 Å². The first-order valence-electron chi connectivity index (χ1n) is 5.67. The predicted molar refractivity (Wildman–Crippen MR) is 65.6 cm³/mol. The molecule has 0 spiro atoms. The molecule has 1 fully saturated rings. The average Bonchev–Trinajstić information content (AvgIpc) is 2.74. The number of carbonyl (C=O) groups is 1. The standard InChI is InChI=1S/C13H17NO3/c1-13(12(15)16)6-7-14(9-13)10-4-3-5-11(8-10)17-2/h3-5,8H,6-7,9H2,1-2H3,(H,15,16). The Morgan fingerprint density at radius 3 is 2.88 bits per heavy atom. The minimum atomic E-state index is -0.720. The van der Waals surface area contributed by atoms with Gasteiger partial charge in [0.05, 0.1) is 12.5 Å². The van der Waals surface area contributed by atoms with Gasteiger partial charge in [-0.15, -0.1) is 0 Å². The highest BCUT2D eigenvalue weighted by atomic mass is 16.5. The van der Waals surface area contributed by atoms with Crippen molar-refractivity contribution in [2.75, 3.05) is 25.1 Å². The fourth-order valence-electron chi connectivity index (χ4n) is 2.16. The lowest BCUT2D eigenvalue weighted by atomic mass is 9.90. The molecule has 92 valence electrons. The first-order valence-corrected chi connectivity index (χ1v) is 5.67. The van der Waals surface area contributed by atoms with Crippen LogP contribution in [0.3, 0.4) is 0 Å². The van der Waals surface area contributed by atoms with Crippen LogP contribution in [0, 0.1) is 5.41 Å². The molecular formula is C13H17NO3. The van der Waals surface area contributed by atoms with E-state index in [0.717, 1.165) is 18.0 Å². The number of nitrogens with zero attached hydrogens (tertiary/aromatic N) is 1. The van der Waals surface area contributed by atoms with Crippen LogP contribution in [0.25, 0.3) is 0 Å². The molecule has 1 N–H and O–H groups in total. The van der Waals surface area contributed by atoms with E-state index in [-0.39, 0.29) is 0 Å². The van der Waals surface area contributed by atoms with Gasteiger partial charge in [-0.1, -0.05) is 6.07 Å². The molecule has 0 aromatic heterocycles. The van der Waals surface area contributed by atoms with Crippen molar-refractivity contribution in [3.05, 3.63) is 24.3 Å². The number of hydrogen-bond acceptors (Lipinski definition) is 3. The Morgan fingerprint density at radius 2 is 2.29 bits per heavy atom. The lowest BCUT2D eigenvalue weighted by Crippen LogP contribution is -2.31. The van der Waals surface area contributed by atoms with Crippen molar-refractivity contribution in [2.24, 2.45) is 5.41 Å². The topological polar surface area (TPSA) is 49.8 Å². The maximum Gasteiger partial charge on any atom is 0.311 e. The average molecular weight is 235 g/mol. The lowest BCUT2D eigenvalue weighted by molar-refractivity contribution is -0.146. The number of carboxylic acid groups (broad SMARTS) is 1. The molecule has 1 heterocycles. The zero-order valence-electron chi connectivity index (χ0n) is 10.1. The molecule has 0 amide bonds. The van der Waals surface area contributed by atoms with Crippen molar-refractivity contribution in [1.82, 2.24) is 0 Å². The van der Waals surface area contributed by atoms with Gasteiger partial charge < -0.3 is 14.7 Å². The zero-order chi connectivity index (χ0) is 12.5. The summed E-state index contributed by atoms with van der Waals surface area (Å²) in [5.41, 5.74) is 0.387. The molecule has 4 heteroatoms. The Labute approximate surface area is 101 Å². The van der Waals surface area contributed by atoms with Crippen LogP contribution >= 0.6 is 0 Å². The van der Waals surface area contributed by atoms with E-state index in [1.165, 1.54) is 0 Å². The predicted octanol–water partition coefficient (Wildman–Crippen LogP) is 2.00. The number of hydrogen-bond donors (Lipinski definition) is 1. The summed E-state index contributed by atoms with van der Waals surface area (Å²) in [6.07, 6.45) is 0.680. The Kier molecular flexibility index (Phi) is 2.96. The largest absolute Gasteiger partial charge is 0.497 e. The lowest BCUT2D eigenvalue weighted by Gasteiger charge is -2.22. The van der Waals surface area contributed by atoms with Crippen molar-refractivity contribution in [3.63, 3.8) is 0 Å². The summed E-state index contributed by atoms with van der Waals surface area (Å²) in [5.74, 6) is 0.0781. The summed E-state index contributed by atoms with van der Waals surface area (Å²) in [5, 5.41) is 9.19. The minimum Gasteiger partial charge on any atom is -0.497 e. The second-order valence-electron chi connectivity index (χ2n) is 4.74. The number of rotatable bonds is 3. The van der Waals surface area contributed by atoms with Crippen molar-refractivity contribution in [1.29, 1.82) is 0 Å². The van der Waals surface area contributed by atoms with Gasteiger partial charge in [0.25, 0.3) is 0 Å². The van der Waals surface area contributed by atoms with Crippen LogP contribution in [0.4, 0.5) is 5.69 Å². The minimum absolute atomic E-state index is 0.551. The summed E-state index contributed by atoms with van der Waals surface area (Å²) in [4.78, 5) is 13.3. The van der Waals surface area contributed by atoms with Crippen LogP contribution in [0.15, 0.2) is 24.3 Å². The Hall–Kier alpha value is -1.71. The van der Waals surface area contributed by atoms with Crippen molar-refractivity contribution in [3.8, 4) is 5.75 Å². The molecular weight excluding hydrogens is 218 g/mol. The SMILES string of the molecule is COc1cccc(N2CCC(C)(C(=O)O)C2)c1. The Balaban J connectivity index is 2.17. The second kappa shape index (κ2) is 4.28. The van der Waals surface area contributed by atoms with Gasteiger partial charge in [0, 0.05) is 24.8 Å². The molecule has 1 saturated heterocycles. The summed E-state index contributed by atoms with van der Waals surface area (Å²) in [6.45, 7) is 3.13. The van der Waals surface area contributed by atoms with E-state index in [0.29, 0.717) is 13.0 Å². The van der Waals surface area contributed by atoms with Crippen LogP contribution < -0.4 is 9.64 Å². The van der Waals surface area contributed by atoms with E-state index in [2.05, 4.69) is 4.90 Å². The Bertz CT molecular complexity index is 432. The molecule has 0 saturated carbocycles. The summed E-state index contributed by atoms with van der Waals surface area (Å²) in [6, 6.07) is 7.73. The van der Waals surface area contributed by atoms with Crippen molar-refractivity contribution < 1.29 is 14.6 Å². The van der Waals surface area contributed by atoms with Crippen molar-refractivity contribution >= 4 is 11.7 Å². The van der Waals surface area contributed by atoms with Gasteiger partial charge in [-0.2, -0.15) is 0 Å². The third-order valence-electron chi connectivity index (χ3n) is 3.41. The number of carboxylic acids is 1. The molecule has 0 radical (unpaired) electrons. The molecule has 1 atom stereocenters. The van der Waals surface area contributed by atoms with Gasteiger partial charge >= 0.3 is 5.97 Å². The van der Waals surface area contributed by atoms with Crippen LogP contribution in [-0.2, 0) is 4.79 Å². The van der Waals surface area contributed by atoms with Crippen LogP contribution in [0.5, 0.6) is 5.75 Å². The van der Waals surface area contributed by atoms with Crippen molar-refractivity contribution in [2.45, 2.75) is 13.3 Å². The zero-order valence-corrected chi connectivity index (χ0v) is 10.1. The number of methoxy groups -OCH3 is 1. The van der Waals surface area contributed by atoms with Gasteiger partial charge in [-0.3, -0.25) is 4.79 Å². The van der Waals surface area contributed by atoms with Crippen LogP contribution in [-0.4, -0.2) is 31.3 Å². The number of aliphatic carboxylic acids is 1. The second-order valence-corrected chi connectivity index (χ2v) is 4.74. The first kappa shape index (κ1) is 11.8. The molecule has 1 aliphatic heterocycles. The molecule has 1 aromatic rings. The number of anilines is 1. The third kappa shape index (κ3) is 2.20. The molecule has 4 nitrogen and oxygen atoms in total. The monoisotopic (exact) mass is 235 g/mol. The third-order valence-corrected chi connectivity index (χ3v) is 3.41. The molecule has 0 bridgehead atoms. The van der Waals surface area contributed by atoms with Gasteiger partial charge in [0.2, 0.25) is 0 Å². The summed E-state index contributed by atoms with van der Waals surface area (Å²) >= 11 is 0. The first-order chi connectivity index (χ1) is 8.05. The fourth-order valence-corrected chi connectivity index (χ4v) is 2.16. The van der Waals surface area contributed by atoms with Gasteiger partial charge in [0.1, 0.15) is 5.75 Å². The highest BCUT2D eigenvalue weighted by molar-refractivity contribution is 5.76. The molecule has 0 aliphatic carbocycles. The number of ether oxygens (including phenoxy) is 1. The van der Waals surface area contributed by atoms with E-state index in [1.807, 2.05) is 24.3 Å². The van der Waals surface area contributed by atoms with Gasteiger partial charge in [-0.25, -0.2) is 0 Å². The van der Waals surface area contributed by atoms with E-state index >= 15 is 0 Å². The smallest absolute Gasteiger partial charge is 0.311 e. The van der Waals surface area contributed by atoms with Gasteiger partial charge in [-0.05, 0) is 25.5 Å². The Morgan fingerprint density at radius 1 is 1.53 bits per heavy atom. The maximum absolute atomic E-state index is 11.2. The normalized spacial score (nSPS) is 23.8. The molecule has 1 unspecified atom stereocenters. The summed E-state index contributed by atoms with van der Waals surface area (Å²) < 4.78 is 5.17. The summed E-state index contributed by atoms with van der Waals surface area (Å²) in [7, 11) is 1.63.